The highest BCUT2D eigenvalue weighted by molar-refractivity contribution is 6.31. The normalized spacial score (nSPS) is 10.4. The van der Waals surface area contributed by atoms with Gasteiger partial charge in [0.1, 0.15) is 18.2 Å². The van der Waals surface area contributed by atoms with Crippen molar-refractivity contribution in [1.82, 2.24) is 0 Å². The number of benzene rings is 2. The van der Waals surface area contributed by atoms with Gasteiger partial charge in [0.05, 0.1) is 10.6 Å². The molecule has 0 aliphatic rings. The molecule has 2 aromatic rings. The zero-order chi connectivity index (χ0) is 14.7. The molecule has 2 rings (SSSR count). The summed E-state index contributed by atoms with van der Waals surface area (Å²) in [6, 6.07) is 9.24. The SMILES string of the molecule is CC(=O)c1cc(Cl)ccc1OCc1cccc(F)c1Cl. The fraction of sp³-hybridized carbons (Fsp3) is 0.133. The number of carbonyl (C=O) groups excluding carboxylic acids is 1. The number of Topliss-reactive ketones (excluding diaryl/α,β-unsaturated/α-hetero) is 1. The molecule has 0 aliphatic heterocycles. The summed E-state index contributed by atoms with van der Waals surface area (Å²) < 4.78 is 18.9. The van der Waals surface area contributed by atoms with E-state index in [4.69, 9.17) is 27.9 Å². The van der Waals surface area contributed by atoms with Gasteiger partial charge in [-0.3, -0.25) is 4.79 Å². The summed E-state index contributed by atoms with van der Waals surface area (Å²) in [6.07, 6.45) is 0. The van der Waals surface area contributed by atoms with Gasteiger partial charge in [-0.25, -0.2) is 4.39 Å². The summed E-state index contributed by atoms with van der Waals surface area (Å²) in [4.78, 5) is 11.5. The highest BCUT2D eigenvalue weighted by atomic mass is 35.5. The van der Waals surface area contributed by atoms with E-state index in [1.807, 2.05) is 0 Å². The Morgan fingerprint density at radius 2 is 2.00 bits per heavy atom. The second-order valence-electron chi connectivity index (χ2n) is 4.20. The molecule has 104 valence electrons. The first-order valence-corrected chi connectivity index (χ1v) is 6.61. The van der Waals surface area contributed by atoms with Crippen LogP contribution in [-0.2, 0) is 6.61 Å². The maximum atomic E-state index is 13.3. The number of halogens is 3. The lowest BCUT2D eigenvalue weighted by Gasteiger charge is -2.11. The van der Waals surface area contributed by atoms with Gasteiger partial charge in [0.15, 0.2) is 5.78 Å². The summed E-state index contributed by atoms with van der Waals surface area (Å²) in [6.45, 7) is 1.49. The zero-order valence-electron chi connectivity index (χ0n) is 10.6. The van der Waals surface area contributed by atoms with Gasteiger partial charge in [-0.2, -0.15) is 0 Å². The van der Waals surface area contributed by atoms with E-state index in [9.17, 15) is 9.18 Å². The number of carbonyl (C=O) groups is 1. The van der Waals surface area contributed by atoms with Crippen LogP contribution >= 0.6 is 23.2 Å². The Kier molecular flexibility index (Phi) is 4.63. The van der Waals surface area contributed by atoms with Crippen LogP contribution in [0.4, 0.5) is 4.39 Å². The van der Waals surface area contributed by atoms with Crippen molar-refractivity contribution in [2.75, 3.05) is 0 Å². The number of hydrogen-bond donors (Lipinski definition) is 0. The molecule has 0 fully saturated rings. The third kappa shape index (κ3) is 3.30. The van der Waals surface area contributed by atoms with Crippen LogP contribution in [0.1, 0.15) is 22.8 Å². The molecule has 0 aromatic heterocycles. The minimum absolute atomic E-state index is 0.0193. The summed E-state index contributed by atoms with van der Waals surface area (Å²) >= 11 is 11.7. The molecule has 0 heterocycles. The van der Waals surface area contributed by atoms with Crippen LogP contribution in [0.3, 0.4) is 0 Å². The van der Waals surface area contributed by atoms with Gasteiger partial charge in [0.25, 0.3) is 0 Å². The molecular formula is C15H11Cl2FO2. The smallest absolute Gasteiger partial charge is 0.163 e. The van der Waals surface area contributed by atoms with E-state index in [0.29, 0.717) is 21.9 Å². The molecule has 0 bridgehead atoms. The third-order valence-electron chi connectivity index (χ3n) is 2.74. The lowest BCUT2D eigenvalue weighted by Crippen LogP contribution is -2.02. The van der Waals surface area contributed by atoms with Crippen molar-refractivity contribution in [3.63, 3.8) is 0 Å². The van der Waals surface area contributed by atoms with E-state index < -0.39 is 5.82 Å². The van der Waals surface area contributed by atoms with Crippen LogP contribution in [0.15, 0.2) is 36.4 Å². The van der Waals surface area contributed by atoms with Gasteiger partial charge in [-0.1, -0.05) is 35.3 Å². The molecule has 20 heavy (non-hydrogen) atoms. The molecule has 0 aliphatic carbocycles. The quantitative estimate of drug-likeness (QED) is 0.749. The van der Waals surface area contributed by atoms with Gasteiger partial charge < -0.3 is 4.74 Å². The first-order valence-electron chi connectivity index (χ1n) is 5.85. The Labute approximate surface area is 126 Å². The molecule has 0 radical (unpaired) electrons. The predicted octanol–water partition coefficient (Wildman–Crippen LogP) is 4.91. The van der Waals surface area contributed by atoms with E-state index in [2.05, 4.69) is 0 Å². The number of ether oxygens (including phenoxy) is 1. The number of rotatable bonds is 4. The molecule has 0 amide bonds. The Bertz CT molecular complexity index is 656. The maximum Gasteiger partial charge on any atom is 0.163 e. The standard InChI is InChI=1S/C15H11Cl2FO2/c1-9(19)12-7-11(16)5-6-14(12)20-8-10-3-2-4-13(18)15(10)17/h2-7H,8H2,1H3. The first-order chi connectivity index (χ1) is 9.49. The van der Waals surface area contributed by atoms with Crippen LogP contribution in [0.5, 0.6) is 5.75 Å². The highest BCUT2D eigenvalue weighted by Gasteiger charge is 2.11. The van der Waals surface area contributed by atoms with Gasteiger partial charge >= 0.3 is 0 Å². The summed E-state index contributed by atoms with van der Waals surface area (Å²) in [5.74, 6) is -0.272. The minimum Gasteiger partial charge on any atom is -0.488 e. The molecule has 0 saturated carbocycles. The zero-order valence-corrected chi connectivity index (χ0v) is 12.1. The maximum absolute atomic E-state index is 13.3. The van der Waals surface area contributed by atoms with Crippen molar-refractivity contribution in [3.05, 3.63) is 63.4 Å². The fourth-order valence-corrected chi connectivity index (χ4v) is 2.07. The lowest BCUT2D eigenvalue weighted by molar-refractivity contribution is 0.101. The minimum atomic E-state index is -0.504. The van der Waals surface area contributed by atoms with Crippen molar-refractivity contribution >= 4 is 29.0 Å². The molecule has 2 aromatic carbocycles. The molecule has 0 unspecified atom stereocenters. The molecule has 0 atom stereocenters. The van der Waals surface area contributed by atoms with Crippen molar-refractivity contribution in [3.8, 4) is 5.75 Å². The molecule has 0 spiro atoms. The fourth-order valence-electron chi connectivity index (χ4n) is 1.72. The van der Waals surface area contributed by atoms with Crippen molar-refractivity contribution in [2.24, 2.45) is 0 Å². The van der Waals surface area contributed by atoms with Gasteiger partial charge in [0, 0.05) is 10.6 Å². The molecule has 5 heteroatoms. The van der Waals surface area contributed by atoms with Crippen LogP contribution in [0, 0.1) is 5.82 Å². The molecule has 0 N–H and O–H groups in total. The first kappa shape index (κ1) is 14.8. The molecule has 0 saturated heterocycles. The Morgan fingerprint density at radius 1 is 1.25 bits per heavy atom. The Balaban J connectivity index is 2.23. The Hall–Kier alpha value is -1.58. The predicted molar refractivity (Wildman–Crippen MR) is 77.2 cm³/mol. The largest absolute Gasteiger partial charge is 0.488 e. The van der Waals surface area contributed by atoms with Crippen LogP contribution in [0.2, 0.25) is 10.0 Å². The van der Waals surface area contributed by atoms with Crippen molar-refractivity contribution < 1.29 is 13.9 Å². The van der Waals surface area contributed by atoms with Crippen LogP contribution in [-0.4, -0.2) is 5.78 Å². The number of ketones is 1. The second-order valence-corrected chi connectivity index (χ2v) is 5.01. The molecule has 2 nitrogen and oxygen atoms in total. The highest BCUT2D eigenvalue weighted by Crippen LogP contribution is 2.26. The molecular weight excluding hydrogens is 302 g/mol. The summed E-state index contributed by atoms with van der Waals surface area (Å²) in [5, 5.41) is 0.470. The van der Waals surface area contributed by atoms with Crippen molar-refractivity contribution in [1.29, 1.82) is 0 Å². The second kappa shape index (κ2) is 6.25. The van der Waals surface area contributed by atoms with Gasteiger partial charge in [-0.15, -0.1) is 0 Å². The van der Waals surface area contributed by atoms with Crippen LogP contribution in [0.25, 0.3) is 0 Å². The van der Waals surface area contributed by atoms with Gasteiger partial charge in [0.2, 0.25) is 0 Å². The monoisotopic (exact) mass is 312 g/mol. The van der Waals surface area contributed by atoms with Crippen molar-refractivity contribution in [2.45, 2.75) is 13.5 Å². The average Bonchev–Trinajstić information content (AvgIpc) is 2.41. The van der Waals surface area contributed by atoms with E-state index in [0.717, 1.165) is 0 Å². The van der Waals surface area contributed by atoms with E-state index in [1.165, 1.54) is 19.1 Å². The summed E-state index contributed by atoms with van der Waals surface area (Å²) in [7, 11) is 0. The average molecular weight is 313 g/mol. The van der Waals surface area contributed by atoms with Gasteiger partial charge in [-0.05, 0) is 31.2 Å². The Morgan fingerprint density at radius 3 is 2.70 bits per heavy atom. The van der Waals surface area contributed by atoms with E-state index in [-0.39, 0.29) is 17.4 Å². The topological polar surface area (TPSA) is 26.3 Å². The number of hydrogen-bond acceptors (Lipinski definition) is 2. The lowest BCUT2D eigenvalue weighted by atomic mass is 10.1. The third-order valence-corrected chi connectivity index (χ3v) is 3.39. The summed E-state index contributed by atoms with van der Waals surface area (Å²) in [5.41, 5.74) is 0.890. The van der Waals surface area contributed by atoms with E-state index >= 15 is 0 Å². The van der Waals surface area contributed by atoms with E-state index in [1.54, 1.807) is 24.3 Å². The van der Waals surface area contributed by atoms with Crippen LogP contribution < -0.4 is 4.74 Å².